The molecule has 0 spiro atoms. The Bertz CT molecular complexity index is 624. The average molecular weight is 270 g/mol. The first kappa shape index (κ1) is 13.7. The Kier molecular flexibility index (Phi) is 4.44. The highest BCUT2D eigenvalue weighted by Gasteiger charge is 2.16. The molecule has 1 heterocycles. The number of hydrogen-bond acceptors (Lipinski definition) is 5. The summed E-state index contributed by atoms with van der Waals surface area (Å²) in [5.41, 5.74) is 1.51. The Morgan fingerprint density at radius 1 is 1.30 bits per heavy atom. The molecule has 0 aliphatic heterocycles. The molecule has 0 atom stereocenters. The average Bonchev–Trinajstić information content (AvgIpc) is 2.45. The number of carbonyl (C=O) groups excluding carboxylic acids is 1. The van der Waals surface area contributed by atoms with Crippen molar-refractivity contribution in [3.05, 3.63) is 59.9 Å². The molecule has 0 aliphatic rings. The van der Waals surface area contributed by atoms with Crippen LogP contribution in [0.1, 0.15) is 11.3 Å². The number of rotatable bonds is 4. The minimum atomic E-state index is -0.691. The summed E-state index contributed by atoms with van der Waals surface area (Å²) in [5, 5.41) is 12.0. The lowest BCUT2D eigenvalue weighted by molar-refractivity contribution is -0.127. The van der Waals surface area contributed by atoms with E-state index in [1.165, 1.54) is 0 Å². The molecule has 0 fully saturated rings. The van der Waals surface area contributed by atoms with E-state index in [1.807, 2.05) is 13.0 Å². The lowest BCUT2D eigenvalue weighted by atomic mass is 10.2. The standard InChI is InChI=1S/C15H14N2O3/c1-11-5-4-7-13(9-11)20-15(18)14(17-19)10-12-6-2-3-8-16-12/h2-9,19H,10H2,1H3/b17-14-. The summed E-state index contributed by atoms with van der Waals surface area (Å²) in [5.74, 6) is -0.277. The van der Waals surface area contributed by atoms with E-state index < -0.39 is 5.97 Å². The molecule has 0 unspecified atom stereocenters. The van der Waals surface area contributed by atoms with Crippen LogP contribution >= 0.6 is 0 Å². The fraction of sp³-hybridized carbons (Fsp3) is 0.133. The number of oxime groups is 1. The molecule has 0 bridgehead atoms. The molecule has 20 heavy (non-hydrogen) atoms. The van der Waals surface area contributed by atoms with Crippen molar-refractivity contribution in [3.63, 3.8) is 0 Å². The fourth-order valence-corrected chi connectivity index (χ4v) is 1.67. The molecular weight excluding hydrogens is 256 g/mol. The molecule has 0 amide bonds. The Morgan fingerprint density at radius 3 is 2.80 bits per heavy atom. The molecular formula is C15H14N2O3. The van der Waals surface area contributed by atoms with Crippen LogP contribution < -0.4 is 4.74 Å². The van der Waals surface area contributed by atoms with E-state index in [9.17, 15) is 4.79 Å². The van der Waals surface area contributed by atoms with Gasteiger partial charge in [0.2, 0.25) is 0 Å². The lowest BCUT2D eigenvalue weighted by Crippen LogP contribution is -2.23. The van der Waals surface area contributed by atoms with Crippen LogP contribution in [0.4, 0.5) is 0 Å². The molecule has 2 rings (SSSR count). The third-order valence-corrected chi connectivity index (χ3v) is 2.63. The molecule has 1 aromatic carbocycles. The van der Waals surface area contributed by atoms with Crippen molar-refractivity contribution in [1.82, 2.24) is 4.98 Å². The quantitative estimate of drug-likeness (QED) is 0.304. The summed E-state index contributed by atoms with van der Waals surface area (Å²) in [6.07, 6.45) is 1.72. The van der Waals surface area contributed by atoms with Gasteiger partial charge >= 0.3 is 5.97 Å². The van der Waals surface area contributed by atoms with Crippen molar-refractivity contribution < 1.29 is 14.7 Å². The topological polar surface area (TPSA) is 71.8 Å². The van der Waals surface area contributed by atoms with Gasteiger partial charge in [-0.3, -0.25) is 4.98 Å². The second kappa shape index (κ2) is 6.47. The molecule has 0 radical (unpaired) electrons. The van der Waals surface area contributed by atoms with Gasteiger partial charge in [-0.15, -0.1) is 0 Å². The van der Waals surface area contributed by atoms with E-state index in [2.05, 4.69) is 10.1 Å². The van der Waals surface area contributed by atoms with Crippen LogP contribution in [0.3, 0.4) is 0 Å². The van der Waals surface area contributed by atoms with E-state index in [4.69, 9.17) is 9.94 Å². The summed E-state index contributed by atoms with van der Waals surface area (Å²) >= 11 is 0. The number of benzene rings is 1. The number of hydrogen-bond donors (Lipinski definition) is 1. The molecule has 5 heteroatoms. The maximum atomic E-state index is 11.9. The van der Waals surface area contributed by atoms with Crippen LogP contribution in [0.5, 0.6) is 5.75 Å². The maximum absolute atomic E-state index is 11.9. The maximum Gasteiger partial charge on any atom is 0.361 e. The number of carbonyl (C=O) groups is 1. The molecule has 2 aromatic rings. The number of esters is 1. The molecule has 0 saturated carbocycles. The first-order valence-corrected chi connectivity index (χ1v) is 6.08. The van der Waals surface area contributed by atoms with Crippen molar-refractivity contribution in [2.75, 3.05) is 0 Å². The van der Waals surface area contributed by atoms with Gasteiger partial charge in [-0.05, 0) is 36.8 Å². The van der Waals surface area contributed by atoms with Crippen LogP contribution in [0.15, 0.2) is 53.8 Å². The molecule has 0 saturated heterocycles. The Labute approximate surface area is 116 Å². The van der Waals surface area contributed by atoms with Gasteiger partial charge in [-0.2, -0.15) is 0 Å². The van der Waals surface area contributed by atoms with Crippen molar-refractivity contribution in [2.45, 2.75) is 13.3 Å². The van der Waals surface area contributed by atoms with Gasteiger partial charge in [0.05, 0.1) is 0 Å². The molecule has 0 aliphatic carbocycles. The predicted octanol–water partition coefficient (Wildman–Crippen LogP) is 2.37. The summed E-state index contributed by atoms with van der Waals surface area (Å²) in [4.78, 5) is 16.0. The van der Waals surface area contributed by atoms with E-state index in [0.29, 0.717) is 11.4 Å². The molecule has 5 nitrogen and oxygen atoms in total. The molecule has 1 aromatic heterocycles. The normalized spacial score (nSPS) is 11.2. The van der Waals surface area contributed by atoms with E-state index in [1.54, 1.807) is 42.6 Å². The summed E-state index contributed by atoms with van der Waals surface area (Å²) in [7, 11) is 0. The SMILES string of the molecule is Cc1cccc(OC(=O)/C(Cc2ccccn2)=N\O)c1. The van der Waals surface area contributed by atoms with Crippen molar-refractivity contribution in [1.29, 1.82) is 0 Å². The highest BCUT2D eigenvalue weighted by atomic mass is 16.5. The van der Waals surface area contributed by atoms with Crippen LogP contribution in [-0.4, -0.2) is 21.9 Å². The summed E-state index contributed by atoms with van der Waals surface area (Å²) < 4.78 is 5.16. The van der Waals surface area contributed by atoms with E-state index >= 15 is 0 Å². The van der Waals surface area contributed by atoms with Crippen LogP contribution in [0.25, 0.3) is 0 Å². The molecule has 102 valence electrons. The predicted molar refractivity (Wildman–Crippen MR) is 74.0 cm³/mol. The van der Waals surface area contributed by atoms with Gasteiger partial charge in [0, 0.05) is 18.3 Å². The largest absolute Gasteiger partial charge is 0.422 e. The van der Waals surface area contributed by atoms with Crippen molar-refractivity contribution in [2.24, 2.45) is 5.16 Å². The minimum Gasteiger partial charge on any atom is -0.422 e. The fourth-order valence-electron chi connectivity index (χ4n) is 1.67. The Hall–Kier alpha value is -2.69. The smallest absolute Gasteiger partial charge is 0.361 e. The van der Waals surface area contributed by atoms with Gasteiger partial charge in [-0.25, -0.2) is 4.79 Å². The first-order valence-electron chi connectivity index (χ1n) is 6.08. The van der Waals surface area contributed by atoms with Crippen LogP contribution in [0, 0.1) is 6.92 Å². The first-order chi connectivity index (χ1) is 9.69. The number of pyridine rings is 1. The Morgan fingerprint density at radius 2 is 2.15 bits per heavy atom. The third-order valence-electron chi connectivity index (χ3n) is 2.63. The lowest BCUT2D eigenvalue weighted by Gasteiger charge is -2.06. The van der Waals surface area contributed by atoms with Crippen molar-refractivity contribution in [3.8, 4) is 5.75 Å². The van der Waals surface area contributed by atoms with Crippen LogP contribution in [-0.2, 0) is 11.2 Å². The third kappa shape index (κ3) is 3.65. The zero-order valence-electron chi connectivity index (χ0n) is 11.0. The van der Waals surface area contributed by atoms with E-state index in [0.717, 1.165) is 5.56 Å². The van der Waals surface area contributed by atoms with E-state index in [-0.39, 0.29) is 12.1 Å². The highest BCUT2D eigenvalue weighted by Crippen LogP contribution is 2.13. The number of nitrogens with zero attached hydrogens (tertiary/aromatic N) is 2. The summed E-state index contributed by atoms with van der Waals surface area (Å²) in [6, 6.07) is 12.4. The second-order valence-corrected chi connectivity index (χ2v) is 4.25. The molecule has 1 N–H and O–H groups in total. The van der Waals surface area contributed by atoms with Crippen LogP contribution in [0.2, 0.25) is 0 Å². The monoisotopic (exact) mass is 270 g/mol. The number of aryl methyl sites for hydroxylation is 1. The van der Waals surface area contributed by atoms with Gasteiger partial charge < -0.3 is 9.94 Å². The number of aromatic nitrogens is 1. The second-order valence-electron chi connectivity index (χ2n) is 4.25. The van der Waals surface area contributed by atoms with Gasteiger partial charge in [-0.1, -0.05) is 23.4 Å². The zero-order valence-corrected chi connectivity index (χ0v) is 11.0. The highest BCUT2D eigenvalue weighted by molar-refractivity contribution is 6.37. The Balaban J connectivity index is 2.07. The zero-order chi connectivity index (χ0) is 14.4. The van der Waals surface area contributed by atoms with Gasteiger partial charge in [0.15, 0.2) is 5.71 Å². The summed E-state index contributed by atoms with van der Waals surface area (Å²) in [6.45, 7) is 1.90. The van der Waals surface area contributed by atoms with Crippen molar-refractivity contribution >= 4 is 11.7 Å². The van der Waals surface area contributed by atoms with Gasteiger partial charge in [0.1, 0.15) is 5.75 Å². The minimum absolute atomic E-state index is 0.0924. The number of ether oxygens (including phenoxy) is 1. The van der Waals surface area contributed by atoms with Gasteiger partial charge in [0.25, 0.3) is 0 Å².